The molecule has 120 valence electrons. The van der Waals surface area contributed by atoms with Crippen LogP contribution in [0.5, 0.6) is 0 Å². The fourth-order valence-electron chi connectivity index (χ4n) is 2.01. The summed E-state index contributed by atoms with van der Waals surface area (Å²) in [6, 6.07) is 0. The minimum absolute atomic E-state index is 1.09. The minimum atomic E-state index is 1.09. The Hall–Kier alpha value is -1.30. The molecule has 0 aliphatic rings. The van der Waals surface area contributed by atoms with Crippen LogP contribution in [0.4, 0.5) is 0 Å². The summed E-state index contributed by atoms with van der Waals surface area (Å²) in [5, 5.41) is 0. The highest BCUT2D eigenvalue weighted by Crippen LogP contribution is 2.28. The highest BCUT2D eigenvalue weighted by atomic mass is 14.1. The van der Waals surface area contributed by atoms with Crippen LogP contribution in [-0.4, -0.2) is 0 Å². The predicted molar refractivity (Wildman–Crippen MR) is 101 cm³/mol. The molecule has 0 radical (unpaired) electrons. The van der Waals surface area contributed by atoms with Gasteiger partial charge in [-0.05, 0) is 71.1 Å². The third-order valence-electron chi connectivity index (χ3n) is 3.26. The van der Waals surface area contributed by atoms with E-state index in [0.717, 1.165) is 12.0 Å². The SMILES string of the molecule is C=C(C)/C(C(=C)CCCCC)=C(C)\C(C)=C\C.C=C(C)C. The summed E-state index contributed by atoms with van der Waals surface area (Å²) < 4.78 is 0. The summed E-state index contributed by atoms with van der Waals surface area (Å²) >= 11 is 0. The maximum atomic E-state index is 4.24. The van der Waals surface area contributed by atoms with Crippen molar-refractivity contribution >= 4 is 0 Å². The number of hydrogen-bond acceptors (Lipinski definition) is 0. The van der Waals surface area contributed by atoms with Gasteiger partial charge in [-0.3, -0.25) is 0 Å². The Balaban J connectivity index is 0. The molecule has 0 heteroatoms. The number of rotatable bonds is 7. The van der Waals surface area contributed by atoms with Gasteiger partial charge in [0, 0.05) is 0 Å². The summed E-state index contributed by atoms with van der Waals surface area (Å²) in [7, 11) is 0. The van der Waals surface area contributed by atoms with Gasteiger partial charge in [0.25, 0.3) is 0 Å². The van der Waals surface area contributed by atoms with Crippen molar-refractivity contribution in [2.24, 2.45) is 0 Å². The molecule has 0 aliphatic heterocycles. The lowest BCUT2D eigenvalue weighted by atomic mass is 9.90. The highest BCUT2D eigenvalue weighted by Gasteiger charge is 2.08. The summed E-state index contributed by atoms with van der Waals surface area (Å²) in [6.07, 6.45) is 7.01. The molecule has 21 heavy (non-hydrogen) atoms. The van der Waals surface area contributed by atoms with Gasteiger partial charge < -0.3 is 0 Å². The lowest BCUT2D eigenvalue weighted by Gasteiger charge is -2.16. The Morgan fingerprint density at radius 2 is 1.38 bits per heavy atom. The molecule has 0 spiro atoms. The lowest BCUT2D eigenvalue weighted by molar-refractivity contribution is 0.717. The van der Waals surface area contributed by atoms with Crippen LogP contribution >= 0.6 is 0 Å². The van der Waals surface area contributed by atoms with Crippen molar-refractivity contribution in [3.05, 3.63) is 59.3 Å². The van der Waals surface area contributed by atoms with E-state index in [-0.39, 0.29) is 0 Å². The van der Waals surface area contributed by atoms with Crippen LogP contribution in [0.15, 0.2) is 59.3 Å². The molecule has 0 saturated heterocycles. The second-order valence-corrected chi connectivity index (χ2v) is 6.02. The van der Waals surface area contributed by atoms with Crippen molar-refractivity contribution in [1.29, 1.82) is 0 Å². The van der Waals surface area contributed by atoms with Gasteiger partial charge >= 0.3 is 0 Å². The number of allylic oxidation sites excluding steroid dienone is 7. The van der Waals surface area contributed by atoms with E-state index in [0.29, 0.717) is 0 Å². The van der Waals surface area contributed by atoms with Crippen molar-refractivity contribution in [3.63, 3.8) is 0 Å². The zero-order chi connectivity index (χ0) is 17.0. The first-order valence-electron chi connectivity index (χ1n) is 7.99. The maximum Gasteiger partial charge on any atom is -0.0175 e. The third-order valence-corrected chi connectivity index (χ3v) is 3.26. The van der Waals surface area contributed by atoms with E-state index < -0.39 is 0 Å². The molecule has 0 aromatic carbocycles. The van der Waals surface area contributed by atoms with Crippen molar-refractivity contribution in [2.75, 3.05) is 0 Å². The second kappa shape index (κ2) is 12.4. The van der Waals surface area contributed by atoms with Gasteiger partial charge in [-0.15, -0.1) is 6.58 Å². The Bertz CT molecular complexity index is 409. The molecular weight excluding hydrogens is 252 g/mol. The number of hydrogen-bond donors (Lipinski definition) is 0. The maximum absolute atomic E-state index is 4.24. The van der Waals surface area contributed by atoms with Crippen LogP contribution in [0.25, 0.3) is 0 Å². The molecule has 0 aromatic rings. The van der Waals surface area contributed by atoms with Gasteiger partial charge in [-0.2, -0.15) is 0 Å². The molecule has 0 N–H and O–H groups in total. The zero-order valence-corrected chi connectivity index (χ0v) is 15.5. The van der Waals surface area contributed by atoms with Gasteiger partial charge in [-0.1, -0.05) is 55.7 Å². The molecule has 0 aliphatic carbocycles. The summed E-state index contributed by atoms with van der Waals surface area (Å²) in [5.41, 5.74) is 7.45. The van der Waals surface area contributed by atoms with Crippen LogP contribution in [0, 0.1) is 0 Å². The van der Waals surface area contributed by atoms with Gasteiger partial charge in [0.15, 0.2) is 0 Å². The largest absolute Gasteiger partial charge is 0.100 e. The molecule has 0 aromatic heterocycles. The van der Waals surface area contributed by atoms with Crippen LogP contribution in [-0.2, 0) is 0 Å². The lowest BCUT2D eigenvalue weighted by Crippen LogP contribution is -1.96. The molecule has 0 atom stereocenters. The average molecular weight is 289 g/mol. The fraction of sp³-hybridized carbons (Fsp3) is 0.524. The van der Waals surface area contributed by atoms with E-state index in [1.807, 2.05) is 13.8 Å². The molecule has 0 saturated carbocycles. The third kappa shape index (κ3) is 11.1. The molecule has 0 unspecified atom stereocenters. The first kappa shape index (κ1) is 22.0. The summed E-state index contributed by atoms with van der Waals surface area (Å²) in [6.45, 7) is 26.5. The zero-order valence-electron chi connectivity index (χ0n) is 15.5. The summed E-state index contributed by atoms with van der Waals surface area (Å²) in [5.74, 6) is 0. The fourth-order valence-corrected chi connectivity index (χ4v) is 2.01. The Labute approximate surface area is 134 Å². The van der Waals surface area contributed by atoms with Gasteiger partial charge in [-0.25, -0.2) is 0 Å². The van der Waals surface area contributed by atoms with Crippen molar-refractivity contribution in [1.82, 2.24) is 0 Å². The molecule has 0 heterocycles. The van der Waals surface area contributed by atoms with Crippen LogP contribution in [0.1, 0.15) is 74.1 Å². The summed E-state index contributed by atoms with van der Waals surface area (Å²) in [4.78, 5) is 0. The van der Waals surface area contributed by atoms with Crippen LogP contribution in [0.2, 0.25) is 0 Å². The average Bonchev–Trinajstić information content (AvgIpc) is 2.37. The van der Waals surface area contributed by atoms with E-state index in [1.165, 1.54) is 47.1 Å². The standard InChI is InChI=1S/C17H28.C4H8/c1-8-10-11-12-15(6)17(13(3)4)16(7)14(5)9-2;1-4(2)3/h9H,3,6,8,10-12H2,1-2,4-5,7H3;1H2,2-3H3/b14-9+,17-16+;. The predicted octanol–water partition coefficient (Wildman–Crippen LogP) is 7.56. The van der Waals surface area contributed by atoms with E-state index in [4.69, 9.17) is 0 Å². The molecule has 0 bridgehead atoms. The van der Waals surface area contributed by atoms with Crippen molar-refractivity contribution < 1.29 is 0 Å². The van der Waals surface area contributed by atoms with Gasteiger partial charge in [0.1, 0.15) is 0 Å². The van der Waals surface area contributed by atoms with Gasteiger partial charge in [0.05, 0.1) is 0 Å². The quantitative estimate of drug-likeness (QED) is 0.257. The first-order chi connectivity index (χ1) is 9.68. The smallest absolute Gasteiger partial charge is 0.0175 e. The molecule has 0 rings (SSSR count). The Morgan fingerprint density at radius 3 is 1.71 bits per heavy atom. The Morgan fingerprint density at radius 1 is 0.905 bits per heavy atom. The minimum Gasteiger partial charge on any atom is -0.100 e. The second-order valence-electron chi connectivity index (χ2n) is 6.02. The van der Waals surface area contributed by atoms with Gasteiger partial charge in [0.2, 0.25) is 0 Å². The number of unbranched alkanes of at least 4 members (excludes halogenated alkanes) is 2. The van der Waals surface area contributed by atoms with Crippen LogP contribution < -0.4 is 0 Å². The molecule has 0 amide bonds. The van der Waals surface area contributed by atoms with Crippen molar-refractivity contribution in [3.8, 4) is 0 Å². The normalized spacial score (nSPS) is 12.0. The monoisotopic (exact) mass is 288 g/mol. The van der Waals surface area contributed by atoms with E-state index in [1.54, 1.807) is 0 Å². The molecular formula is C21H36. The topological polar surface area (TPSA) is 0 Å². The van der Waals surface area contributed by atoms with E-state index in [9.17, 15) is 0 Å². The Kier molecular flexibility index (Phi) is 13.0. The molecule has 0 nitrogen and oxygen atoms in total. The highest BCUT2D eigenvalue weighted by molar-refractivity contribution is 5.51. The van der Waals surface area contributed by atoms with Crippen LogP contribution in [0.3, 0.4) is 0 Å². The van der Waals surface area contributed by atoms with E-state index in [2.05, 4.69) is 60.4 Å². The van der Waals surface area contributed by atoms with E-state index >= 15 is 0 Å². The first-order valence-corrected chi connectivity index (χ1v) is 7.99. The van der Waals surface area contributed by atoms with Crippen molar-refractivity contribution in [2.45, 2.75) is 74.1 Å². The molecule has 0 fully saturated rings.